The van der Waals surface area contributed by atoms with Crippen LogP contribution in [0.4, 0.5) is 5.88 Å². The fourth-order valence-electron chi connectivity index (χ4n) is 4.41. The van der Waals surface area contributed by atoms with Crippen LogP contribution in [0.25, 0.3) is 0 Å². The van der Waals surface area contributed by atoms with E-state index >= 15 is 0 Å². The zero-order chi connectivity index (χ0) is 18.4. The highest BCUT2D eigenvalue weighted by molar-refractivity contribution is 6.01. The van der Waals surface area contributed by atoms with E-state index in [1.54, 1.807) is 0 Å². The molecule has 0 spiro atoms. The average molecular weight is 356 g/mol. The van der Waals surface area contributed by atoms with Crippen molar-refractivity contribution in [3.63, 3.8) is 0 Å². The van der Waals surface area contributed by atoms with Crippen LogP contribution in [0, 0.1) is 6.92 Å². The van der Waals surface area contributed by atoms with Crippen molar-refractivity contribution in [1.82, 2.24) is 5.16 Å². The number of aryl methyl sites for hydroxylation is 1. The third-order valence-electron chi connectivity index (χ3n) is 5.66. The van der Waals surface area contributed by atoms with E-state index in [2.05, 4.69) is 34.7 Å². The number of hydrogen-bond acceptors (Lipinski definition) is 4. The SMILES string of the molecule is Cc1noc2c1[C@H](c1ccccc1)C1=C(C[C@@H](c3ccccc3)CC1=O)N2. The lowest BCUT2D eigenvalue weighted by Gasteiger charge is -2.34. The molecule has 2 atom stereocenters. The molecule has 0 unspecified atom stereocenters. The number of nitrogens with one attached hydrogen (secondary N) is 1. The Labute approximate surface area is 157 Å². The maximum Gasteiger partial charge on any atom is 0.233 e. The summed E-state index contributed by atoms with van der Waals surface area (Å²) in [6.45, 7) is 1.94. The van der Waals surface area contributed by atoms with Gasteiger partial charge in [0.25, 0.3) is 0 Å². The van der Waals surface area contributed by atoms with Crippen LogP contribution < -0.4 is 5.32 Å². The molecule has 2 aliphatic rings. The second-order valence-corrected chi connectivity index (χ2v) is 7.31. The standard InChI is InChI=1S/C23H20N2O2/c1-14-20-21(16-10-6-3-7-11-16)22-18(24-23(20)27-25-14)12-17(13-19(22)26)15-8-4-2-5-9-15/h2-11,17,21,24H,12-13H2,1H3/t17-,21+/m1/s1. The Morgan fingerprint density at radius 2 is 1.63 bits per heavy atom. The third kappa shape index (κ3) is 2.60. The van der Waals surface area contributed by atoms with Crippen LogP contribution in [0.3, 0.4) is 0 Å². The summed E-state index contributed by atoms with van der Waals surface area (Å²) < 4.78 is 5.56. The second kappa shape index (κ2) is 6.23. The van der Waals surface area contributed by atoms with E-state index in [0.717, 1.165) is 34.5 Å². The highest BCUT2D eigenvalue weighted by atomic mass is 16.5. The minimum absolute atomic E-state index is 0.118. The molecular weight excluding hydrogens is 336 g/mol. The van der Waals surface area contributed by atoms with E-state index in [1.807, 2.05) is 43.3 Å². The van der Waals surface area contributed by atoms with Gasteiger partial charge >= 0.3 is 0 Å². The smallest absolute Gasteiger partial charge is 0.233 e. The molecule has 0 saturated carbocycles. The predicted molar refractivity (Wildman–Crippen MR) is 104 cm³/mol. The van der Waals surface area contributed by atoms with E-state index in [-0.39, 0.29) is 17.6 Å². The summed E-state index contributed by atoms with van der Waals surface area (Å²) in [5, 5.41) is 7.54. The molecule has 4 nitrogen and oxygen atoms in total. The van der Waals surface area contributed by atoms with Gasteiger partial charge in [0.1, 0.15) is 0 Å². The van der Waals surface area contributed by atoms with Crippen LogP contribution in [0.1, 0.15) is 47.1 Å². The van der Waals surface area contributed by atoms with Crippen molar-refractivity contribution < 1.29 is 9.32 Å². The summed E-state index contributed by atoms with van der Waals surface area (Å²) in [5.41, 5.74) is 5.95. The van der Waals surface area contributed by atoms with Crippen LogP contribution >= 0.6 is 0 Å². The summed E-state index contributed by atoms with van der Waals surface area (Å²) in [6.07, 6.45) is 1.33. The average Bonchev–Trinajstić information content (AvgIpc) is 3.08. The quantitative estimate of drug-likeness (QED) is 0.706. The third-order valence-corrected chi connectivity index (χ3v) is 5.66. The topological polar surface area (TPSA) is 55.1 Å². The molecule has 1 N–H and O–H groups in total. The molecule has 134 valence electrons. The normalized spacial score (nSPS) is 21.4. The zero-order valence-electron chi connectivity index (χ0n) is 15.1. The number of Topliss-reactive ketones (excluding diaryl/α,β-unsaturated/α-hetero) is 1. The van der Waals surface area contributed by atoms with Gasteiger partial charge in [-0.05, 0) is 30.4 Å². The van der Waals surface area contributed by atoms with Crippen molar-refractivity contribution in [3.05, 3.63) is 94.3 Å². The van der Waals surface area contributed by atoms with Gasteiger partial charge < -0.3 is 9.84 Å². The number of anilines is 1. The Balaban J connectivity index is 1.63. The van der Waals surface area contributed by atoms with Gasteiger partial charge in [-0.2, -0.15) is 0 Å². The number of rotatable bonds is 2. The molecule has 4 heteroatoms. The monoisotopic (exact) mass is 356 g/mol. The van der Waals surface area contributed by atoms with Crippen molar-refractivity contribution in [1.29, 1.82) is 0 Å². The Hall–Kier alpha value is -3.14. The van der Waals surface area contributed by atoms with Gasteiger partial charge in [-0.25, -0.2) is 0 Å². The zero-order valence-corrected chi connectivity index (χ0v) is 15.1. The van der Waals surface area contributed by atoms with Crippen molar-refractivity contribution >= 4 is 11.7 Å². The van der Waals surface area contributed by atoms with Crippen LogP contribution in [-0.2, 0) is 4.79 Å². The number of nitrogens with zero attached hydrogens (tertiary/aromatic N) is 1. The van der Waals surface area contributed by atoms with Crippen LogP contribution in [0.2, 0.25) is 0 Å². The minimum Gasteiger partial charge on any atom is -0.338 e. The maximum atomic E-state index is 13.3. The van der Waals surface area contributed by atoms with E-state index in [0.29, 0.717) is 12.3 Å². The lowest BCUT2D eigenvalue weighted by atomic mass is 9.72. The molecule has 1 aliphatic carbocycles. The summed E-state index contributed by atoms with van der Waals surface area (Å²) in [6, 6.07) is 20.4. The highest BCUT2D eigenvalue weighted by Gasteiger charge is 2.40. The largest absolute Gasteiger partial charge is 0.338 e. The van der Waals surface area contributed by atoms with Gasteiger partial charge in [0.2, 0.25) is 5.88 Å². The number of benzene rings is 2. The molecule has 2 aromatic carbocycles. The van der Waals surface area contributed by atoms with Crippen LogP contribution in [0.5, 0.6) is 0 Å². The molecule has 27 heavy (non-hydrogen) atoms. The van der Waals surface area contributed by atoms with Gasteiger partial charge in [-0.1, -0.05) is 65.8 Å². The molecule has 1 aromatic heterocycles. The number of carbonyl (C=O) groups is 1. The van der Waals surface area contributed by atoms with Gasteiger partial charge in [-0.3, -0.25) is 4.79 Å². The molecule has 0 amide bonds. The Morgan fingerprint density at radius 3 is 2.33 bits per heavy atom. The fraction of sp³-hybridized carbons (Fsp3) is 0.217. The number of fused-ring (bicyclic) bond motifs is 1. The molecule has 0 radical (unpaired) electrons. The number of hydrogen-bond donors (Lipinski definition) is 1. The first-order chi connectivity index (χ1) is 13.2. The maximum absolute atomic E-state index is 13.3. The van der Waals surface area contributed by atoms with Crippen molar-refractivity contribution in [2.45, 2.75) is 31.6 Å². The van der Waals surface area contributed by atoms with E-state index in [1.165, 1.54) is 5.56 Å². The van der Waals surface area contributed by atoms with Gasteiger partial charge in [0.05, 0.1) is 11.3 Å². The van der Waals surface area contributed by atoms with Crippen LogP contribution in [0.15, 0.2) is 76.5 Å². The number of aromatic nitrogens is 1. The van der Waals surface area contributed by atoms with Gasteiger partial charge in [-0.15, -0.1) is 0 Å². The van der Waals surface area contributed by atoms with Crippen molar-refractivity contribution in [2.75, 3.05) is 5.32 Å². The van der Waals surface area contributed by atoms with Gasteiger partial charge in [0.15, 0.2) is 5.78 Å². The first-order valence-electron chi connectivity index (χ1n) is 9.31. The Morgan fingerprint density at radius 1 is 0.963 bits per heavy atom. The lowest BCUT2D eigenvalue weighted by molar-refractivity contribution is -0.116. The molecule has 5 rings (SSSR count). The first-order valence-corrected chi connectivity index (χ1v) is 9.31. The molecule has 0 fully saturated rings. The molecule has 1 aliphatic heterocycles. The second-order valence-electron chi connectivity index (χ2n) is 7.31. The minimum atomic E-state index is -0.118. The van der Waals surface area contributed by atoms with E-state index < -0.39 is 0 Å². The number of ketones is 1. The van der Waals surface area contributed by atoms with Crippen molar-refractivity contribution in [2.24, 2.45) is 0 Å². The summed E-state index contributed by atoms with van der Waals surface area (Å²) >= 11 is 0. The lowest BCUT2D eigenvalue weighted by Crippen LogP contribution is -2.29. The van der Waals surface area contributed by atoms with E-state index in [4.69, 9.17) is 4.52 Å². The number of carbonyl (C=O) groups excluding carboxylic acids is 1. The van der Waals surface area contributed by atoms with Crippen molar-refractivity contribution in [3.8, 4) is 0 Å². The van der Waals surface area contributed by atoms with Gasteiger partial charge in [0, 0.05) is 23.6 Å². The van der Waals surface area contributed by atoms with E-state index in [9.17, 15) is 4.79 Å². The Kier molecular flexibility index (Phi) is 3.71. The first kappa shape index (κ1) is 16.1. The molecule has 3 aromatic rings. The predicted octanol–water partition coefficient (Wildman–Crippen LogP) is 4.94. The highest BCUT2D eigenvalue weighted by Crippen LogP contribution is 2.48. The molecular formula is C23H20N2O2. The summed E-state index contributed by atoms with van der Waals surface area (Å²) in [7, 11) is 0. The van der Waals surface area contributed by atoms with Crippen LogP contribution in [-0.4, -0.2) is 10.9 Å². The molecule has 0 saturated heterocycles. The Bertz CT molecular complexity index is 1030. The molecule has 2 heterocycles. The summed E-state index contributed by atoms with van der Waals surface area (Å²) in [5.74, 6) is 0.944. The number of allylic oxidation sites excluding steroid dienone is 2. The molecule has 0 bridgehead atoms. The summed E-state index contributed by atoms with van der Waals surface area (Å²) in [4.78, 5) is 13.3. The fourth-order valence-corrected chi connectivity index (χ4v) is 4.41.